The zero-order chi connectivity index (χ0) is 18.5. The summed E-state index contributed by atoms with van der Waals surface area (Å²) in [4.78, 5) is 31.3. The molecule has 0 atom stereocenters. The van der Waals surface area contributed by atoms with Crippen LogP contribution in [-0.2, 0) is 22.4 Å². The Kier molecular flexibility index (Phi) is 5.55. The van der Waals surface area contributed by atoms with Crippen LogP contribution in [0.2, 0.25) is 0 Å². The molecule has 1 aromatic carbocycles. The molecular weight excluding hydrogens is 337 g/mol. The van der Waals surface area contributed by atoms with E-state index in [1.54, 1.807) is 16.0 Å². The smallest absolute Gasteiger partial charge is 0.227 e. The van der Waals surface area contributed by atoms with Crippen molar-refractivity contribution in [3.63, 3.8) is 0 Å². The maximum Gasteiger partial charge on any atom is 0.227 e. The zero-order valence-electron chi connectivity index (χ0n) is 14.7. The van der Waals surface area contributed by atoms with Gasteiger partial charge >= 0.3 is 0 Å². The van der Waals surface area contributed by atoms with Crippen LogP contribution in [0.4, 0.5) is 4.39 Å². The molecule has 1 aliphatic rings. The number of methoxy groups -OCH3 is 1. The first-order valence-corrected chi connectivity index (χ1v) is 8.56. The SMILES string of the molecule is COc1ccc(F)cc1CC(=O)N1CCN(C(=O)Cc2cc[nH]c2)CC1. The summed E-state index contributed by atoms with van der Waals surface area (Å²) >= 11 is 0. The average molecular weight is 359 g/mol. The lowest BCUT2D eigenvalue weighted by Crippen LogP contribution is -2.51. The molecule has 1 N–H and O–H groups in total. The second-order valence-corrected chi connectivity index (χ2v) is 6.29. The molecule has 138 valence electrons. The summed E-state index contributed by atoms with van der Waals surface area (Å²) in [6.45, 7) is 1.98. The van der Waals surface area contributed by atoms with Crippen molar-refractivity contribution in [1.29, 1.82) is 0 Å². The van der Waals surface area contributed by atoms with E-state index in [1.807, 2.05) is 12.3 Å². The van der Waals surface area contributed by atoms with E-state index in [9.17, 15) is 14.0 Å². The molecule has 7 heteroatoms. The van der Waals surface area contributed by atoms with Crippen molar-refractivity contribution in [2.24, 2.45) is 0 Å². The summed E-state index contributed by atoms with van der Waals surface area (Å²) in [5.41, 5.74) is 1.48. The molecule has 1 fully saturated rings. The molecule has 0 saturated carbocycles. The maximum atomic E-state index is 13.4. The first-order chi connectivity index (χ1) is 12.6. The minimum atomic E-state index is -0.395. The third kappa shape index (κ3) is 4.22. The Balaban J connectivity index is 1.54. The average Bonchev–Trinajstić information content (AvgIpc) is 3.15. The molecule has 2 amide bonds. The number of amides is 2. The third-order valence-electron chi connectivity index (χ3n) is 4.59. The van der Waals surface area contributed by atoms with Crippen LogP contribution in [-0.4, -0.2) is 59.9 Å². The van der Waals surface area contributed by atoms with Gasteiger partial charge in [0.25, 0.3) is 0 Å². The number of hydrogen-bond donors (Lipinski definition) is 1. The molecule has 0 aliphatic carbocycles. The summed E-state index contributed by atoms with van der Waals surface area (Å²) in [6, 6.07) is 6.04. The zero-order valence-corrected chi connectivity index (χ0v) is 14.7. The van der Waals surface area contributed by atoms with Crippen LogP contribution in [0.5, 0.6) is 5.75 Å². The normalized spacial score (nSPS) is 14.4. The molecule has 0 spiro atoms. The van der Waals surface area contributed by atoms with Gasteiger partial charge in [-0.3, -0.25) is 9.59 Å². The van der Waals surface area contributed by atoms with E-state index in [0.717, 1.165) is 5.56 Å². The van der Waals surface area contributed by atoms with Gasteiger partial charge in [0.1, 0.15) is 11.6 Å². The molecule has 1 aromatic heterocycles. The molecule has 2 heterocycles. The monoisotopic (exact) mass is 359 g/mol. The summed E-state index contributed by atoms with van der Waals surface area (Å²) in [6.07, 6.45) is 4.04. The van der Waals surface area contributed by atoms with Crippen LogP contribution in [0.1, 0.15) is 11.1 Å². The van der Waals surface area contributed by atoms with Gasteiger partial charge in [0.2, 0.25) is 11.8 Å². The van der Waals surface area contributed by atoms with Crippen molar-refractivity contribution in [3.8, 4) is 5.75 Å². The van der Waals surface area contributed by atoms with E-state index in [2.05, 4.69) is 4.98 Å². The van der Waals surface area contributed by atoms with E-state index in [-0.39, 0.29) is 18.2 Å². The standard InChI is InChI=1S/C19H22FN3O3/c1-26-17-3-2-16(20)11-15(17)12-19(25)23-8-6-22(7-9-23)18(24)10-14-4-5-21-13-14/h2-5,11,13,21H,6-10,12H2,1H3. The van der Waals surface area contributed by atoms with Gasteiger partial charge in [-0.2, -0.15) is 0 Å². The molecule has 2 aromatic rings. The van der Waals surface area contributed by atoms with Gasteiger partial charge in [0.05, 0.1) is 20.0 Å². The van der Waals surface area contributed by atoms with E-state index in [1.165, 1.54) is 25.3 Å². The van der Waals surface area contributed by atoms with Gasteiger partial charge in [-0.25, -0.2) is 4.39 Å². The van der Waals surface area contributed by atoms with E-state index >= 15 is 0 Å². The summed E-state index contributed by atoms with van der Waals surface area (Å²) in [7, 11) is 1.50. The van der Waals surface area contributed by atoms with Gasteiger partial charge in [-0.15, -0.1) is 0 Å². The number of rotatable bonds is 5. The first kappa shape index (κ1) is 18.0. The Labute approximate surface area is 151 Å². The highest BCUT2D eigenvalue weighted by atomic mass is 19.1. The number of aromatic nitrogens is 1. The summed E-state index contributed by atoms with van der Waals surface area (Å²) in [5, 5.41) is 0. The Bertz CT molecular complexity index is 768. The number of hydrogen-bond acceptors (Lipinski definition) is 3. The number of carbonyl (C=O) groups excluding carboxylic acids is 2. The highest BCUT2D eigenvalue weighted by Crippen LogP contribution is 2.21. The summed E-state index contributed by atoms with van der Waals surface area (Å²) in [5.74, 6) is 0.0731. The van der Waals surface area contributed by atoms with E-state index in [0.29, 0.717) is 43.9 Å². The third-order valence-corrected chi connectivity index (χ3v) is 4.59. The van der Waals surface area contributed by atoms with E-state index in [4.69, 9.17) is 4.74 Å². The van der Waals surface area contributed by atoms with Gasteiger partial charge < -0.3 is 19.5 Å². The molecule has 0 unspecified atom stereocenters. The fraction of sp³-hybridized carbons (Fsp3) is 0.368. The van der Waals surface area contributed by atoms with Crippen molar-refractivity contribution < 1.29 is 18.7 Å². The molecule has 0 radical (unpaired) electrons. The molecule has 0 bridgehead atoms. The van der Waals surface area contributed by atoms with Crippen molar-refractivity contribution in [2.75, 3.05) is 33.3 Å². The predicted molar refractivity (Wildman–Crippen MR) is 94.3 cm³/mol. The van der Waals surface area contributed by atoms with Gasteiger partial charge in [0.15, 0.2) is 0 Å². The minimum absolute atomic E-state index is 0.0588. The second kappa shape index (κ2) is 8.03. The van der Waals surface area contributed by atoms with Crippen molar-refractivity contribution >= 4 is 11.8 Å². The van der Waals surface area contributed by atoms with Crippen LogP contribution in [0.3, 0.4) is 0 Å². The summed E-state index contributed by atoms with van der Waals surface area (Å²) < 4.78 is 18.6. The van der Waals surface area contributed by atoms with Crippen LogP contribution >= 0.6 is 0 Å². The molecular formula is C19H22FN3O3. The lowest BCUT2D eigenvalue weighted by atomic mass is 10.1. The highest BCUT2D eigenvalue weighted by molar-refractivity contribution is 5.81. The maximum absolute atomic E-state index is 13.4. The molecule has 1 saturated heterocycles. The molecule has 6 nitrogen and oxygen atoms in total. The second-order valence-electron chi connectivity index (χ2n) is 6.29. The van der Waals surface area contributed by atoms with Gasteiger partial charge in [-0.05, 0) is 29.8 Å². The van der Waals surface area contributed by atoms with Crippen LogP contribution < -0.4 is 4.74 Å². The first-order valence-electron chi connectivity index (χ1n) is 8.56. The number of nitrogens with zero attached hydrogens (tertiary/aromatic N) is 2. The van der Waals surface area contributed by atoms with Crippen molar-refractivity contribution in [2.45, 2.75) is 12.8 Å². The number of nitrogens with one attached hydrogen (secondary N) is 1. The Morgan fingerprint density at radius 1 is 1.08 bits per heavy atom. The lowest BCUT2D eigenvalue weighted by Gasteiger charge is -2.35. The highest BCUT2D eigenvalue weighted by Gasteiger charge is 2.25. The fourth-order valence-electron chi connectivity index (χ4n) is 3.12. The number of halogens is 1. The van der Waals surface area contributed by atoms with Crippen LogP contribution in [0, 0.1) is 5.82 Å². The number of aromatic amines is 1. The van der Waals surface area contributed by atoms with Crippen LogP contribution in [0.25, 0.3) is 0 Å². The Morgan fingerprint density at radius 3 is 2.31 bits per heavy atom. The fourth-order valence-corrected chi connectivity index (χ4v) is 3.12. The molecule has 3 rings (SSSR count). The van der Waals surface area contributed by atoms with E-state index < -0.39 is 5.82 Å². The van der Waals surface area contributed by atoms with Gasteiger partial charge in [-0.1, -0.05) is 0 Å². The van der Waals surface area contributed by atoms with Crippen LogP contribution in [0.15, 0.2) is 36.7 Å². The molecule has 1 aliphatic heterocycles. The number of piperazine rings is 1. The molecule has 26 heavy (non-hydrogen) atoms. The topological polar surface area (TPSA) is 65.6 Å². The lowest BCUT2D eigenvalue weighted by molar-refractivity contribution is -0.138. The predicted octanol–water partition coefficient (Wildman–Crippen LogP) is 1.62. The van der Waals surface area contributed by atoms with Crippen molar-refractivity contribution in [3.05, 3.63) is 53.6 Å². The minimum Gasteiger partial charge on any atom is -0.496 e. The Hall–Kier alpha value is -2.83. The van der Waals surface area contributed by atoms with Gasteiger partial charge in [0, 0.05) is 44.1 Å². The quantitative estimate of drug-likeness (QED) is 0.882. The van der Waals surface area contributed by atoms with Crippen molar-refractivity contribution in [1.82, 2.24) is 14.8 Å². The number of carbonyl (C=O) groups is 2. The number of H-pyrrole nitrogens is 1. The number of benzene rings is 1. The largest absolute Gasteiger partial charge is 0.496 e. The number of ether oxygens (including phenoxy) is 1. The Morgan fingerprint density at radius 2 is 1.73 bits per heavy atom.